The van der Waals surface area contributed by atoms with Gasteiger partial charge in [0.05, 0.1) is 22.3 Å². The van der Waals surface area contributed by atoms with Crippen LogP contribution in [0.3, 0.4) is 0 Å². The molecule has 4 nitrogen and oxygen atoms in total. The number of hydrogen-bond donors (Lipinski definition) is 0. The molecule has 5 aliphatic rings. The molecule has 2 unspecified atom stereocenters. The fraction of sp³-hybridized carbons (Fsp3) is 0.360. The standard InChI is InChI=1S/C75H80BN3O/c1-69(2,3)46-25-22-26-50(37-46)77-61-40-48(71(7,8)9)27-30-57(61)76-58-31-34-65-66-53-38-49(29-33-64(53)80-65)73(13,14)55-44-60(52(43-54(55)72(10,11)12)45-23-18-17-19-24-45)78(68(58)66)63-42-51(41-62(77)67(63)76)79-59-32-28-47(70(4,5)6)39-56(59)74(15)35-20-21-36-75(74,79)16/h17-19,22-34,37-44H,20-21,35-36H2,1-16H3. The van der Waals surface area contributed by atoms with Crippen LogP contribution in [0, 0.1) is 0 Å². The van der Waals surface area contributed by atoms with Crippen LogP contribution in [0.15, 0.2) is 150 Å². The van der Waals surface area contributed by atoms with Crippen molar-refractivity contribution >= 4 is 90.5 Å². The molecule has 1 fully saturated rings. The molecule has 4 aliphatic heterocycles. The average Bonchev–Trinajstić information content (AvgIpc) is 3.99. The summed E-state index contributed by atoms with van der Waals surface area (Å²) >= 11 is 0. The number of furan rings is 1. The lowest BCUT2D eigenvalue weighted by Gasteiger charge is -2.51. The third-order valence-corrected chi connectivity index (χ3v) is 20.4. The Bertz CT molecular complexity index is 4090. The first-order chi connectivity index (χ1) is 37.7. The van der Waals surface area contributed by atoms with Crippen molar-refractivity contribution < 1.29 is 4.42 Å². The summed E-state index contributed by atoms with van der Waals surface area (Å²) in [6.45, 7) is 38.5. The Morgan fingerprint density at radius 2 is 1.12 bits per heavy atom. The SMILES string of the molecule is CC(C)(C)c1cccc(N2c3cc(C(C)(C)C)ccc3B3c4ccc5oc6ccc7cc6c5c4N(c4cc(c(C(C)(C)C)cc4-c4ccccc4)C7(C)C)c4cc(N5c6ccc(C(C)(C)C)cc6C6(C)CCCCC56C)cc2c43)c1. The predicted octanol–water partition coefficient (Wildman–Crippen LogP) is 18.9. The minimum atomic E-state index is -0.358. The third kappa shape index (κ3) is 7.13. The van der Waals surface area contributed by atoms with E-state index in [0.717, 1.165) is 24.0 Å². The summed E-state index contributed by atoms with van der Waals surface area (Å²) in [5.41, 5.74) is 26.8. The normalized spacial score (nSPS) is 19.9. The van der Waals surface area contributed by atoms with Crippen molar-refractivity contribution in [3.8, 4) is 11.1 Å². The van der Waals surface area contributed by atoms with Gasteiger partial charge >= 0.3 is 0 Å². The van der Waals surface area contributed by atoms with Gasteiger partial charge in [0, 0.05) is 55.9 Å². The summed E-state index contributed by atoms with van der Waals surface area (Å²) in [4.78, 5) is 8.27. The Balaban J connectivity index is 1.19. The molecule has 2 atom stereocenters. The summed E-state index contributed by atoms with van der Waals surface area (Å²) in [5.74, 6) is 0. The molecule has 1 saturated carbocycles. The molecular weight excluding hydrogens is 970 g/mol. The van der Waals surface area contributed by atoms with Gasteiger partial charge in [-0.25, -0.2) is 0 Å². The maximum atomic E-state index is 7.10. The lowest BCUT2D eigenvalue weighted by molar-refractivity contribution is 0.195. The van der Waals surface area contributed by atoms with E-state index in [1.807, 2.05) is 0 Å². The van der Waals surface area contributed by atoms with E-state index in [4.69, 9.17) is 4.42 Å². The first-order valence-electron chi connectivity index (χ1n) is 29.9. The van der Waals surface area contributed by atoms with Crippen molar-refractivity contribution in [2.75, 3.05) is 14.7 Å². The summed E-state index contributed by atoms with van der Waals surface area (Å²) < 4.78 is 7.10. The van der Waals surface area contributed by atoms with E-state index in [9.17, 15) is 0 Å². The van der Waals surface area contributed by atoms with Crippen LogP contribution in [0.25, 0.3) is 33.1 Å². The summed E-state index contributed by atoms with van der Waals surface area (Å²) in [6.07, 6.45) is 4.69. The Kier molecular flexibility index (Phi) is 10.6. The van der Waals surface area contributed by atoms with Crippen molar-refractivity contribution in [3.63, 3.8) is 0 Å². The van der Waals surface area contributed by atoms with Gasteiger partial charge in [-0.3, -0.25) is 0 Å². The lowest BCUT2D eigenvalue weighted by Crippen LogP contribution is -2.61. The lowest BCUT2D eigenvalue weighted by atomic mass is 9.33. The van der Waals surface area contributed by atoms with Crippen LogP contribution in [0.2, 0.25) is 0 Å². The number of fused-ring (bicyclic) bond motifs is 11. The molecule has 14 rings (SSSR count). The second kappa shape index (κ2) is 16.6. The van der Waals surface area contributed by atoms with E-state index in [1.165, 1.54) is 136 Å². The predicted molar refractivity (Wildman–Crippen MR) is 343 cm³/mol. The summed E-state index contributed by atoms with van der Waals surface area (Å²) in [5, 5.41) is 2.35. The fourth-order valence-corrected chi connectivity index (χ4v) is 15.5. The Labute approximate surface area is 477 Å². The van der Waals surface area contributed by atoms with Crippen LogP contribution in [0.4, 0.5) is 45.5 Å². The topological polar surface area (TPSA) is 22.9 Å². The minimum absolute atomic E-state index is 0.0164. The van der Waals surface area contributed by atoms with Crippen LogP contribution in [0.5, 0.6) is 0 Å². The molecular formula is C75H80BN3O. The quantitative estimate of drug-likeness (QED) is 0.165. The van der Waals surface area contributed by atoms with Crippen molar-refractivity contribution in [2.24, 2.45) is 0 Å². The monoisotopic (exact) mass is 1050 g/mol. The van der Waals surface area contributed by atoms with Gasteiger partial charge in [-0.2, -0.15) is 0 Å². The highest BCUT2D eigenvalue weighted by molar-refractivity contribution is 7.00. The zero-order valence-corrected chi connectivity index (χ0v) is 50.5. The van der Waals surface area contributed by atoms with Crippen molar-refractivity contribution in [1.29, 1.82) is 0 Å². The van der Waals surface area contributed by atoms with Crippen molar-refractivity contribution in [2.45, 2.75) is 174 Å². The van der Waals surface area contributed by atoms with Gasteiger partial charge in [0.15, 0.2) is 0 Å². The average molecular weight is 1050 g/mol. The molecule has 8 aromatic carbocycles. The Morgan fingerprint density at radius 1 is 0.475 bits per heavy atom. The first kappa shape index (κ1) is 51.2. The molecule has 0 radical (unpaired) electrons. The largest absolute Gasteiger partial charge is 0.456 e. The molecule has 404 valence electrons. The second-order valence-electron chi connectivity index (χ2n) is 29.8. The highest BCUT2D eigenvalue weighted by atomic mass is 16.3. The highest BCUT2D eigenvalue weighted by Crippen LogP contribution is 2.63. The molecule has 0 N–H and O–H groups in total. The molecule has 1 aliphatic carbocycles. The van der Waals surface area contributed by atoms with Gasteiger partial charge in [-0.15, -0.1) is 0 Å². The van der Waals surface area contributed by atoms with Gasteiger partial charge in [0.1, 0.15) is 11.2 Å². The number of anilines is 8. The minimum Gasteiger partial charge on any atom is -0.456 e. The molecule has 0 spiro atoms. The van der Waals surface area contributed by atoms with Crippen LogP contribution < -0.4 is 31.1 Å². The zero-order chi connectivity index (χ0) is 56.2. The summed E-state index contributed by atoms with van der Waals surface area (Å²) in [7, 11) is 0. The Hall–Kier alpha value is -6.98. The molecule has 5 heteroatoms. The van der Waals surface area contributed by atoms with E-state index < -0.39 is 0 Å². The van der Waals surface area contributed by atoms with E-state index in [-0.39, 0.29) is 44.7 Å². The number of nitrogens with zero attached hydrogens (tertiary/aromatic N) is 3. The molecule has 80 heavy (non-hydrogen) atoms. The van der Waals surface area contributed by atoms with Gasteiger partial charge in [-0.05, 0) is 169 Å². The molecule has 1 aromatic heterocycles. The van der Waals surface area contributed by atoms with Crippen LogP contribution >= 0.6 is 0 Å². The second-order valence-corrected chi connectivity index (χ2v) is 29.8. The van der Waals surface area contributed by atoms with Gasteiger partial charge in [-0.1, -0.05) is 196 Å². The van der Waals surface area contributed by atoms with E-state index in [1.54, 1.807) is 0 Å². The molecule has 9 aromatic rings. The smallest absolute Gasteiger partial charge is 0.252 e. The highest BCUT2D eigenvalue weighted by Gasteiger charge is 2.58. The first-order valence-corrected chi connectivity index (χ1v) is 29.9. The maximum Gasteiger partial charge on any atom is 0.252 e. The molecule has 4 bridgehead atoms. The van der Waals surface area contributed by atoms with Crippen LogP contribution in [-0.4, -0.2) is 12.3 Å². The van der Waals surface area contributed by atoms with E-state index in [0.29, 0.717) is 0 Å². The van der Waals surface area contributed by atoms with E-state index in [2.05, 4.69) is 271 Å². The number of hydrogen-bond acceptors (Lipinski definition) is 4. The Morgan fingerprint density at radius 3 is 1.84 bits per heavy atom. The number of benzene rings is 8. The van der Waals surface area contributed by atoms with Gasteiger partial charge in [0.2, 0.25) is 0 Å². The zero-order valence-electron chi connectivity index (χ0n) is 50.5. The van der Waals surface area contributed by atoms with Crippen LogP contribution in [0.1, 0.15) is 175 Å². The fourth-order valence-electron chi connectivity index (χ4n) is 15.5. The van der Waals surface area contributed by atoms with Crippen molar-refractivity contribution in [1.82, 2.24) is 0 Å². The maximum absolute atomic E-state index is 7.10. The summed E-state index contributed by atoms with van der Waals surface area (Å²) in [6, 6.07) is 58.0. The van der Waals surface area contributed by atoms with Gasteiger partial charge in [0.25, 0.3) is 6.71 Å². The number of rotatable bonds is 3. The van der Waals surface area contributed by atoms with Gasteiger partial charge < -0.3 is 19.1 Å². The molecule has 0 saturated heterocycles. The van der Waals surface area contributed by atoms with Crippen molar-refractivity contribution in [3.05, 3.63) is 185 Å². The third-order valence-electron chi connectivity index (χ3n) is 20.4. The molecule has 5 heterocycles. The molecule has 0 amide bonds. The van der Waals surface area contributed by atoms with Crippen LogP contribution in [-0.2, 0) is 32.5 Å². The van der Waals surface area contributed by atoms with E-state index >= 15 is 0 Å².